The van der Waals surface area contributed by atoms with Crippen molar-refractivity contribution in [3.8, 4) is 0 Å². The van der Waals surface area contributed by atoms with E-state index in [1.54, 1.807) is 43.3 Å². The molecule has 1 N–H and O–H groups in total. The highest BCUT2D eigenvalue weighted by Gasteiger charge is 2.31. The summed E-state index contributed by atoms with van der Waals surface area (Å²) >= 11 is 0. The molecule has 2 aromatic carbocycles. The first-order valence-corrected chi connectivity index (χ1v) is 9.27. The van der Waals surface area contributed by atoms with Gasteiger partial charge in [0.2, 0.25) is 6.10 Å². The largest absolute Gasteiger partial charge is 0.447 e. The number of benzene rings is 2. The third-order valence-corrected chi connectivity index (χ3v) is 4.87. The highest BCUT2D eigenvalue weighted by molar-refractivity contribution is 5.97. The number of hydrogen-bond acceptors (Lipinski definition) is 5. The first-order valence-electron chi connectivity index (χ1n) is 9.27. The third kappa shape index (κ3) is 4.54. The third-order valence-electron chi connectivity index (χ3n) is 4.87. The van der Waals surface area contributed by atoms with Gasteiger partial charge in [-0.25, -0.2) is 0 Å². The zero-order valence-corrected chi connectivity index (χ0v) is 15.6. The van der Waals surface area contributed by atoms with Crippen molar-refractivity contribution in [2.24, 2.45) is 5.92 Å². The number of nitro groups is 1. The van der Waals surface area contributed by atoms with E-state index < -0.39 is 22.9 Å². The van der Waals surface area contributed by atoms with Crippen molar-refractivity contribution in [2.45, 2.75) is 38.7 Å². The van der Waals surface area contributed by atoms with E-state index in [4.69, 9.17) is 4.74 Å². The number of anilines is 1. The van der Waals surface area contributed by atoms with Gasteiger partial charge in [-0.2, -0.15) is 0 Å². The van der Waals surface area contributed by atoms with Crippen LogP contribution in [-0.4, -0.2) is 16.8 Å². The van der Waals surface area contributed by atoms with Gasteiger partial charge in [0, 0.05) is 11.6 Å². The normalized spacial score (nSPS) is 15.0. The first kappa shape index (κ1) is 19.5. The van der Waals surface area contributed by atoms with E-state index in [1.807, 2.05) is 0 Å². The van der Waals surface area contributed by atoms with Crippen LogP contribution in [0.3, 0.4) is 0 Å². The minimum atomic E-state index is -1.17. The van der Waals surface area contributed by atoms with Crippen molar-refractivity contribution in [3.05, 3.63) is 69.8 Å². The highest BCUT2D eigenvalue weighted by atomic mass is 16.6. The Kier molecular flexibility index (Phi) is 6.03. The van der Waals surface area contributed by atoms with Crippen LogP contribution in [0.1, 0.15) is 42.9 Å². The van der Waals surface area contributed by atoms with Gasteiger partial charge < -0.3 is 10.1 Å². The van der Waals surface area contributed by atoms with Gasteiger partial charge in [0.1, 0.15) is 5.69 Å². The number of aryl methyl sites for hydroxylation is 1. The fourth-order valence-electron chi connectivity index (χ4n) is 3.37. The predicted molar refractivity (Wildman–Crippen MR) is 104 cm³/mol. The monoisotopic (exact) mass is 382 g/mol. The van der Waals surface area contributed by atoms with E-state index in [0.29, 0.717) is 11.1 Å². The van der Waals surface area contributed by atoms with Gasteiger partial charge in [0.05, 0.1) is 10.8 Å². The molecule has 146 valence electrons. The quantitative estimate of drug-likeness (QED) is 0.456. The maximum absolute atomic E-state index is 12.9. The number of nitrogens with zero attached hydrogens (tertiary/aromatic N) is 1. The Bertz CT molecular complexity index is 876. The van der Waals surface area contributed by atoms with Crippen LogP contribution in [0.15, 0.2) is 48.5 Å². The summed E-state index contributed by atoms with van der Waals surface area (Å²) in [6, 6.07) is 13.2. The lowest BCUT2D eigenvalue weighted by molar-refractivity contribution is -0.384. The van der Waals surface area contributed by atoms with Crippen LogP contribution < -0.4 is 5.32 Å². The molecule has 0 unspecified atom stereocenters. The minimum Gasteiger partial charge on any atom is -0.447 e. The molecule has 1 saturated carbocycles. The second-order valence-corrected chi connectivity index (χ2v) is 6.98. The molecule has 1 aliphatic rings. The van der Waals surface area contributed by atoms with Crippen molar-refractivity contribution >= 4 is 23.3 Å². The summed E-state index contributed by atoms with van der Waals surface area (Å²) in [5.41, 5.74) is 1.08. The zero-order valence-electron chi connectivity index (χ0n) is 15.6. The highest BCUT2D eigenvalue weighted by Crippen LogP contribution is 2.30. The van der Waals surface area contributed by atoms with E-state index in [1.165, 1.54) is 12.1 Å². The Morgan fingerprint density at radius 2 is 1.82 bits per heavy atom. The first-order chi connectivity index (χ1) is 13.5. The van der Waals surface area contributed by atoms with Crippen molar-refractivity contribution in [2.75, 3.05) is 5.32 Å². The van der Waals surface area contributed by atoms with Crippen LogP contribution >= 0.6 is 0 Å². The molecule has 1 atom stereocenters. The number of ether oxygens (including phenoxy) is 1. The number of rotatable bonds is 6. The minimum absolute atomic E-state index is 0.0680. The van der Waals surface area contributed by atoms with E-state index >= 15 is 0 Å². The van der Waals surface area contributed by atoms with Gasteiger partial charge in [0.25, 0.3) is 11.6 Å². The topological polar surface area (TPSA) is 98.5 Å². The molecule has 0 aliphatic heterocycles. The lowest BCUT2D eigenvalue weighted by Gasteiger charge is -2.20. The van der Waals surface area contributed by atoms with Gasteiger partial charge in [-0.05, 0) is 31.4 Å². The lowest BCUT2D eigenvalue weighted by Crippen LogP contribution is -2.28. The number of carbonyl (C=O) groups is 2. The molecule has 0 aromatic heterocycles. The Morgan fingerprint density at radius 3 is 2.46 bits per heavy atom. The van der Waals surface area contributed by atoms with Crippen LogP contribution in [0, 0.1) is 23.0 Å². The van der Waals surface area contributed by atoms with Crippen LogP contribution in [0.25, 0.3) is 0 Å². The molecule has 7 heteroatoms. The molecule has 0 saturated heterocycles. The van der Waals surface area contributed by atoms with Crippen LogP contribution in [0.4, 0.5) is 11.4 Å². The number of hydrogen-bond donors (Lipinski definition) is 1. The Balaban J connectivity index is 1.85. The van der Waals surface area contributed by atoms with E-state index in [0.717, 1.165) is 25.7 Å². The number of nitro benzene ring substituents is 1. The number of nitrogens with one attached hydrogen (secondary N) is 1. The molecule has 0 heterocycles. The van der Waals surface area contributed by atoms with E-state index in [9.17, 15) is 19.7 Å². The molecule has 7 nitrogen and oxygen atoms in total. The molecule has 1 fully saturated rings. The number of amides is 1. The van der Waals surface area contributed by atoms with Crippen LogP contribution in [0.5, 0.6) is 0 Å². The summed E-state index contributed by atoms with van der Waals surface area (Å²) in [4.78, 5) is 36.2. The van der Waals surface area contributed by atoms with Gasteiger partial charge in [-0.1, -0.05) is 49.2 Å². The van der Waals surface area contributed by atoms with Gasteiger partial charge in [0.15, 0.2) is 0 Å². The summed E-state index contributed by atoms with van der Waals surface area (Å²) in [6.07, 6.45) is 2.28. The second-order valence-electron chi connectivity index (χ2n) is 6.98. The van der Waals surface area contributed by atoms with Crippen molar-refractivity contribution in [3.63, 3.8) is 0 Å². The van der Waals surface area contributed by atoms with Gasteiger partial charge in [-0.3, -0.25) is 19.7 Å². The zero-order chi connectivity index (χ0) is 20.1. The number of carbonyl (C=O) groups excluding carboxylic acids is 2. The summed E-state index contributed by atoms with van der Waals surface area (Å²) < 4.78 is 5.56. The van der Waals surface area contributed by atoms with Gasteiger partial charge in [-0.15, -0.1) is 0 Å². The maximum Gasteiger partial charge on any atom is 0.310 e. The fraction of sp³-hybridized carbons (Fsp3) is 0.333. The molecule has 1 amide bonds. The molecule has 0 bridgehead atoms. The summed E-state index contributed by atoms with van der Waals surface area (Å²) in [7, 11) is 0. The molecule has 28 heavy (non-hydrogen) atoms. The standard InChI is InChI=1S/C21H22N2O5/c1-14-11-12-17(18(13-14)23(26)27)22-20(24)19(15-7-3-2-4-8-15)28-21(25)16-9-5-6-10-16/h2-4,7-8,11-13,16,19H,5-6,9-10H2,1H3,(H,22,24)/t19-/m1/s1. The molecular weight excluding hydrogens is 360 g/mol. The van der Waals surface area contributed by atoms with Crippen molar-refractivity contribution in [1.82, 2.24) is 0 Å². The van der Waals surface area contributed by atoms with Crippen molar-refractivity contribution < 1.29 is 19.2 Å². The van der Waals surface area contributed by atoms with Crippen molar-refractivity contribution in [1.29, 1.82) is 0 Å². The smallest absolute Gasteiger partial charge is 0.310 e. The molecule has 0 spiro atoms. The van der Waals surface area contributed by atoms with Crippen LogP contribution in [-0.2, 0) is 14.3 Å². The van der Waals surface area contributed by atoms with Gasteiger partial charge >= 0.3 is 5.97 Å². The molecule has 2 aromatic rings. The summed E-state index contributed by atoms with van der Waals surface area (Å²) in [5, 5.41) is 13.9. The molecular formula is C21H22N2O5. The Hall–Kier alpha value is -3.22. The second kappa shape index (κ2) is 8.65. The van der Waals surface area contributed by atoms with E-state index in [-0.39, 0.29) is 17.3 Å². The van der Waals surface area contributed by atoms with Crippen LogP contribution in [0.2, 0.25) is 0 Å². The average molecular weight is 382 g/mol. The Labute approximate surface area is 162 Å². The molecule has 0 radical (unpaired) electrons. The average Bonchev–Trinajstić information content (AvgIpc) is 3.22. The fourth-order valence-corrected chi connectivity index (χ4v) is 3.37. The maximum atomic E-state index is 12.9. The molecule has 1 aliphatic carbocycles. The summed E-state index contributed by atoms with van der Waals surface area (Å²) in [6.45, 7) is 1.73. The SMILES string of the molecule is Cc1ccc(NC(=O)[C@H](OC(=O)C2CCCC2)c2ccccc2)c([N+](=O)[O-])c1. The molecule has 3 rings (SSSR count). The predicted octanol–water partition coefficient (Wildman–Crippen LogP) is 4.32. The summed E-state index contributed by atoms with van der Waals surface area (Å²) in [5.74, 6) is -1.22. The lowest BCUT2D eigenvalue weighted by atomic mass is 10.1. The van der Waals surface area contributed by atoms with E-state index in [2.05, 4.69) is 5.32 Å². The Morgan fingerprint density at radius 1 is 1.14 bits per heavy atom. The number of esters is 1.